The van der Waals surface area contributed by atoms with Crippen LogP contribution in [0.2, 0.25) is 0 Å². The molecule has 0 aliphatic carbocycles. The SMILES string of the molecule is CN=C(NCc1cc(C(C)C)no1)NC1CC2CCC1O2. The molecule has 3 rings (SSSR count). The number of rotatable bonds is 4. The van der Waals surface area contributed by atoms with Crippen LogP contribution in [0.1, 0.15) is 50.5 Å². The van der Waals surface area contributed by atoms with Crippen molar-refractivity contribution in [2.24, 2.45) is 4.99 Å². The van der Waals surface area contributed by atoms with E-state index in [9.17, 15) is 0 Å². The number of guanidine groups is 1. The van der Waals surface area contributed by atoms with Gasteiger partial charge in [0.2, 0.25) is 0 Å². The molecule has 6 nitrogen and oxygen atoms in total. The Balaban J connectivity index is 1.50. The molecule has 2 saturated heterocycles. The van der Waals surface area contributed by atoms with E-state index >= 15 is 0 Å². The molecule has 3 unspecified atom stereocenters. The zero-order chi connectivity index (χ0) is 14.8. The van der Waals surface area contributed by atoms with E-state index in [4.69, 9.17) is 9.26 Å². The minimum atomic E-state index is 0.339. The van der Waals surface area contributed by atoms with E-state index in [0.29, 0.717) is 30.7 Å². The third-order valence-corrected chi connectivity index (χ3v) is 4.25. The van der Waals surface area contributed by atoms with E-state index < -0.39 is 0 Å². The van der Waals surface area contributed by atoms with Crippen molar-refractivity contribution in [3.63, 3.8) is 0 Å². The molecule has 0 aromatic carbocycles. The quantitative estimate of drug-likeness (QED) is 0.654. The predicted molar refractivity (Wildman–Crippen MR) is 80.2 cm³/mol. The van der Waals surface area contributed by atoms with Crippen molar-refractivity contribution in [1.29, 1.82) is 0 Å². The molecule has 1 aromatic heterocycles. The van der Waals surface area contributed by atoms with E-state index in [1.54, 1.807) is 7.05 Å². The van der Waals surface area contributed by atoms with Gasteiger partial charge in [0.05, 0.1) is 30.5 Å². The van der Waals surface area contributed by atoms with Gasteiger partial charge in [-0.3, -0.25) is 4.99 Å². The highest BCUT2D eigenvalue weighted by molar-refractivity contribution is 5.80. The summed E-state index contributed by atoms with van der Waals surface area (Å²) >= 11 is 0. The zero-order valence-electron chi connectivity index (χ0n) is 12.9. The van der Waals surface area contributed by atoms with Crippen LogP contribution < -0.4 is 10.6 Å². The molecular weight excluding hydrogens is 268 g/mol. The van der Waals surface area contributed by atoms with Gasteiger partial charge in [0.15, 0.2) is 11.7 Å². The van der Waals surface area contributed by atoms with Crippen molar-refractivity contribution in [1.82, 2.24) is 15.8 Å². The molecule has 0 spiro atoms. The molecule has 2 aliphatic heterocycles. The molecule has 2 N–H and O–H groups in total. The van der Waals surface area contributed by atoms with Crippen molar-refractivity contribution >= 4 is 5.96 Å². The van der Waals surface area contributed by atoms with Crippen molar-refractivity contribution in [2.75, 3.05) is 7.05 Å². The Labute approximate surface area is 125 Å². The third-order valence-electron chi connectivity index (χ3n) is 4.25. The fourth-order valence-electron chi connectivity index (χ4n) is 3.02. The second-order valence-electron chi connectivity index (χ2n) is 6.16. The summed E-state index contributed by atoms with van der Waals surface area (Å²) < 4.78 is 11.2. The Morgan fingerprint density at radius 1 is 1.48 bits per heavy atom. The lowest BCUT2D eigenvalue weighted by molar-refractivity contribution is 0.0992. The number of nitrogens with zero attached hydrogens (tertiary/aromatic N) is 2. The number of aromatic nitrogens is 1. The van der Waals surface area contributed by atoms with Crippen molar-refractivity contribution < 1.29 is 9.26 Å². The average molecular weight is 292 g/mol. The van der Waals surface area contributed by atoms with Gasteiger partial charge in [-0.1, -0.05) is 19.0 Å². The fraction of sp³-hybridized carbons (Fsp3) is 0.733. The standard InChI is InChI=1S/C15H24N4O2/c1-9(2)12-7-11(21-19-12)8-17-15(16-3)18-13-6-10-4-5-14(13)20-10/h7,9-10,13-14H,4-6,8H2,1-3H3,(H2,16,17,18). The smallest absolute Gasteiger partial charge is 0.191 e. The van der Waals surface area contributed by atoms with Crippen LogP contribution in [0.15, 0.2) is 15.6 Å². The van der Waals surface area contributed by atoms with Gasteiger partial charge in [-0.2, -0.15) is 0 Å². The van der Waals surface area contributed by atoms with Gasteiger partial charge in [-0.15, -0.1) is 0 Å². The van der Waals surface area contributed by atoms with Gasteiger partial charge in [0.1, 0.15) is 0 Å². The Bertz CT molecular complexity index is 512. The maximum absolute atomic E-state index is 5.85. The highest BCUT2D eigenvalue weighted by Gasteiger charge is 2.41. The Morgan fingerprint density at radius 3 is 2.90 bits per heavy atom. The van der Waals surface area contributed by atoms with E-state index in [2.05, 4.69) is 34.6 Å². The van der Waals surface area contributed by atoms with Gasteiger partial charge >= 0.3 is 0 Å². The van der Waals surface area contributed by atoms with Gasteiger partial charge in [0.25, 0.3) is 0 Å². The molecular formula is C15H24N4O2. The molecule has 116 valence electrons. The molecule has 6 heteroatoms. The van der Waals surface area contributed by atoms with E-state index in [1.165, 1.54) is 6.42 Å². The largest absolute Gasteiger partial charge is 0.373 e. The minimum absolute atomic E-state index is 0.339. The summed E-state index contributed by atoms with van der Waals surface area (Å²) in [5, 5.41) is 10.8. The zero-order valence-corrected chi connectivity index (χ0v) is 12.9. The number of aliphatic imine (C=N–C) groups is 1. The Hall–Kier alpha value is -1.56. The van der Waals surface area contributed by atoms with Gasteiger partial charge in [-0.25, -0.2) is 0 Å². The average Bonchev–Trinajstić information content (AvgIpc) is 3.18. The first kappa shape index (κ1) is 14.4. The van der Waals surface area contributed by atoms with Crippen LogP contribution in [-0.4, -0.2) is 36.4 Å². The van der Waals surface area contributed by atoms with Crippen molar-refractivity contribution in [2.45, 2.75) is 63.8 Å². The Morgan fingerprint density at radius 2 is 2.33 bits per heavy atom. The first-order valence-corrected chi connectivity index (χ1v) is 7.74. The maximum Gasteiger partial charge on any atom is 0.191 e. The first-order chi connectivity index (χ1) is 10.2. The summed E-state index contributed by atoms with van der Waals surface area (Å²) in [6, 6.07) is 2.36. The van der Waals surface area contributed by atoms with Crippen LogP contribution in [0.4, 0.5) is 0 Å². The predicted octanol–water partition coefficient (Wildman–Crippen LogP) is 1.78. The number of fused-ring (bicyclic) bond motifs is 2. The molecule has 3 heterocycles. The molecule has 0 saturated carbocycles. The highest BCUT2D eigenvalue weighted by atomic mass is 16.5. The second kappa shape index (κ2) is 6.05. The second-order valence-corrected chi connectivity index (χ2v) is 6.16. The molecule has 21 heavy (non-hydrogen) atoms. The van der Waals surface area contributed by atoms with E-state index in [-0.39, 0.29) is 0 Å². The third kappa shape index (κ3) is 3.20. The van der Waals surface area contributed by atoms with Crippen molar-refractivity contribution in [3.05, 3.63) is 17.5 Å². The molecule has 0 radical (unpaired) electrons. The lowest BCUT2D eigenvalue weighted by Crippen LogP contribution is -2.47. The molecule has 3 atom stereocenters. The Kier molecular flexibility index (Phi) is 4.14. The van der Waals surface area contributed by atoms with Crippen LogP contribution in [0, 0.1) is 0 Å². The van der Waals surface area contributed by atoms with Gasteiger partial charge in [0, 0.05) is 13.1 Å². The summed E-state index contributed by atoms with van der Waals surface area (Å²) in [5.41, 5.74) is 0.983. The summed E-state index contributed by atoms with van der Waals surface area (Å²) in [5.74, 6) is 2.00. The molecule has 1 aromatic rings. The van der Waals surface area contributed by atoms with Gasteiger partial charge in [-0.05, 0) is 25.2 Å². The van der Waals surface area contributed by atoms with Crippen LogP contribution in [0.3, 0.4) is 0 Å². The number of hydrogen-bond acceptors (Lipinski definition) is 4. The molecule has 2 bridgehead atoms. The molecule has 2 aliphatic rings. The molecule has 2 fully saturated rings. The van der Waals surface area contributed by atoms with Crippen LogP contribution in [0.5, 0.6) is 0 Å². The first-order valence-electron chi connectivity index (χ1n) is 7.74. The fourth-order valence-corrected chi connectivity index (χ4v) is 3.02. The maximum atomic E-state index is 5.85. The number of nitrogens with one attached hydrogen (secondary N) is 2. The van der Waals surface area contributed by atoms with Gasteiger partial charge < -0.3 is 19.9 Å². The normalized spacial score (nSPS) is 28.4. The highest BCUT2D eigenvalue weighted by Crippen LogP contribution is 2.34. The molecule has 0 amide bonds. The van der Waals surface area contributed by atoms with Crippen LogP contribution in [0.25, 0.3) is 0 Å². The van der Waals surface area contributed by atoms with E-state index in [0.717, 1.165) is 30.3 Å². The topological polar surface area (TPSA) is 71.7 Å². The summed E-state index contributed by atoms with van der Waals surface area (Å²) in [7, 11) is 1.78. The lowest BCUT2D eigenvalue weighted by Gasteiger charge is -2.22. The minimum Gasteiger partial charge on any atom is -0.373 e. The van der Waals surface area contributed by atoms with E-state index in [1.807, 2.05) is 6.07 Å². The van der Waals surface area contributed by atoms with Crippen LogP contribution >= 0.6 is 0 Å². The summed E-state index contributed by atoms with van der Waals surface area (Å²) in [4.78, 5) is 4.27. The van der Waals surface area contributed by atoms with Crippen LogP contribution in [-0.2, 0) is 11.3 Å². The number of hydrogen-bond donors (Lipinski definition) is 2. The summed E-state index contributed by atoms with van der Waals surface area (Å²) in [6.07, 6.45) is 4.20. The monoisotopic (exact) mass is 292 g/mol. The van der Waals surface area contributed by atoms with Crippen molar-refractivity contribution in [3.8, 4) is 0 Å². The number of ether oxygens (including phenoxy) is 1. The summed E-state index contributed by atoms with van der Waals surface area (Å²) in [6.45, 7) is 4.79. The lowest BCUT2D eigenvalue weighted by atomic mass is 9.96.